The summed E-state index contributed by atoms with van der Waals surface area (Å²) in [6.45, 7) is 5.86. The van der Waals surface area contributed by atoms with Crippen molar-refractivity contribution in [3.63, 3.8) is 0 Å². The van der Waals surface area contributed by atoms with E-state index in [4.69, 9.17) is 0 Å². The summed E-state index contributed by atoms with van der Waals surface area (Å²) in [7, 11) is 0. The van der Waals surface area contributed by atoms with Gasteiger partial charge in [-0.2, -0.15) is 0 Å². The first-order chi connectivity index (χ1) is 4.80. The Morgan fingerprint density at radius 2 is 2.00 bits per heavy atom. The Morgan fingerprint density at radius 3 is 2.64 bits per heavy atom. The molecule has 0 amide bonds. The molecule has 0 bridgehead atoms. The van der Waals surface area contributed by atoms with Crippen molar-refractivity contribution in [2.75, 3.05) is 6.54 Å². The van der Waals surface area contributed by atoms with E-state index in [1.165, 1.54) is 32.2 Å². The van der Waals surface area contributed by atoms with E-state index in [2.05, 4.69) is 19.2 Å². The van der Waals surface area contributed by atoms with Gasteiger partial charge in [0.1, 0.15) is 0 Å². The molecule has 62 valence electrons. The van der Waals surface area contributed by atoms with Gasteiger partial charge in [0.05, 0.1) is 0 Å². The first-order valence-corrected chi connectivity index (χ1v) is 4.54. The zero-order chi connectivity index (χ0) is 7.40. The van der Waals surface area contributed by atoms with E-state index in [1.807, 2.05) is 0 Å². The molecule has 0 spiro atoms. The Balaban J connectivity index is 0. The summed E-state index contributed by atoms with van der Waals surface area (Å²) < 4.78 is 0. The molecular weight excluding hydrogens is 129 g/mol. The van der Waals surface area contributed by atoms with Gasteiger partial charge in [-0.05, 0) is 25.3 Å². The second-order valence-corrected chi connectivity index (χ2v) is 3.65. The predicted octanol–water partition coefficient (Wildman–Crippen LogP) is -0.709. The maximum Gasteiger partial charge on any atom is 1.00 e. The molecule has 0 saturated carbocycles. The third-order valence-electron chi connectivity index (χ3n) is 2.40. The first-order valence-electron chi connectivity index (χ1n) is 4.54. The third kappa shape index (κ3) is 4.21. The predicted molar refractivity (Wildman–Crippen MR) is 46.2 cm³/mol. The van der Waals surface area contributed by atoms with Gasteiger partial charge in [-0.3, -0.25) is 0 Å². The Kier molecular flexibility index (Phi) is 6.43. The van der Waals surface area contributed by atoms with Gasteiger partial charge in [0.25, 0.3) is 0 Å². The van der Waals surface area contributed by atoms with E-state index < -0.39 is 0 Å². The molecule has 1 rings (SSSR count). The number of hydrogen-bond acceptors (Lipinski definition) is 1. The fraction of sp³-hybridized carbons (Fsp3) is 1.00. The molecule has 0 aromatic carbocycles. The van der Waals surface area contributed by atoms with E-state index in [9.17, 15) is 0 Å². The van der Waals surface area contributed by atoms with Gasteiger partial charge in [-0.15, -0.1) is 0 Å². The molecular formula is C9H20LiN. The second-order valence-electron chi connectivity index (χ2n) is 3.65. The topological polar surface area (TPSA) is 12.0 Å². The largest absolute Gasteiger partial charge is 1.00 e. The third-order valence-corrected chi connectivity index (χ3v) is 2.40. The second kappa shape index (κ2) is 6.12. The molecule has 0 radical (unpaired) electrons. The van der Waals surface area contributed by atoms with Crippen LogP contribution in [0.5, 0.6) is 0 Å². The van der Waals surface area contributed by atoms with Crippen LogP contribution in [0.2, 0.25) is 0 Å². The van der Waals surface area contributed by atoms with Crippen LogP contribution in [0, 0.1) is 5.92 Å². The Bertz CT molecular complexity index is 90.5. The van der Waals surface area contributed by atoms with Crippen molar-refractivity contribution in [2.24, 2.45) is 5.92 Å². The summed E-state index contributed by atoms with van der Waals surface area (Å²) in [6, 6.07) is 0.794. The molecule has 1 unspecified atom stereocenters. The maximum atomic E-state index is 3.58. The Morgan fingerprint density at radius 1 is 1.27 bits per heavy atom. The average molecular weight is 149 g/mol. The summed E-state index contributed by atoms with van der Waals surface area (Å²) in [5.41, 5.74) is 0. The van der Waals surface area contributed by atoms with E-state index in [0.717, 1.165) is 12.0 Å². The molecule has 11 heavy (non-hydrogen) atoms. The summed E-state index contributed by atoms with van der Waals surface area (Å²) in [5, 5.41) is 3.58. The zero-order valence-electron chi connectivity index (χ0n) is 9.19. The van der Waals surface area contributed by atoms with E-state index in [-0.39, 0.29) is 20.3 Å². The molecule has 1 nitrogen and oxygen atoms in total. The summed E-state index contributed by atoms with van der Waals surface area (Å²) in [6.07, 6.45) is 5.62. The van der Waals surface area contributed by atoms with Gasteiger partial charge in [-0.25, -0.2) is 0 Å². The van der Waals surface area contributed by atoms with Crippen molar-refractivity contribution in [2.45, 2.75) is 45.6 Å². The minimum atomic E-state index is 0. The minimum absolute atomic E-state index is 0. The van der Waals surface area contributed by atoms with Crippen LogP contribution in [0.1, 0.15) is 41.0 Å². The fourth-order valence-electron chi connectivity index (χ4n) is 1.62. The molecule has 1 atom stereocenters. The summed E-state index contributed by atoms with van der Waals surface area (Å²) >= 11 is 0. The van der Waals surface area contributed by atoms with Crippen LogP contribution in [-0.2, 0) is 0 Å². The maximum absolute atomic E-state index is 3.58. The Hall–Kier alpha value is 0.557. The fourth-order valence-corrected chi connectivity index (χ4v) is 1.62. The SMILES string of the molecule is CC(C)C1CCCCCN1.[H-].[Li+]. The van der Waals surface area contributed by atoms with Crippen molar-refractivity contribution in [1.82, 2.24) is 5.32 Å². The smallest absolute Gasteiger partial charge is 1.00 e. The van der Waals surface area contributed by atoms with Crippen LogP contribution in [0.15, 0.2) is 0 Å². The van der Waals surface area contributed by atoms with Crippen molar-refractivity contribution in [3.05, 3.63) is 0 Å². The summed E-state index contributed by atoms with van der Waals surface area (Å²) in [5.74, 6) is 0.818. The molecule has 1 aliphatic rings. The van der Waals surface area contributed by atoms with Crippen LogP contribution in [0.4, 0.5) is 0 Å². The van der Waals surface area contributed by atoms with E-state index in [1.54, 1.807) is 0 Å². The quantitative estimate of drug-likeness (QED) is 0.486. The van der Waals surface area contributed by atoms with Gasteiger partial charge >= 0.3 is 18.9 Å². The Labute approximate surface area is 84.0 Å². The van der Waals surface area contributed by atoms with Gasteiger partial charge in [0.2, 0.25) is 0 Å². The van der Waals surface area contributed by atoms with Gasteiger partial charge in [0, 0.05) is 6.04 Å². The molecule has 0 aromatic rings. The van der Waals surface area contributed by atoms with Crippen molar-refractivity contribution in [3.8, 4) is 0 Å². The molecule has 2 heteroatoms. The van der Waals surface area contributed by atoms with Crippen LogP contribution in [0.3, 0.4) is 0 Å². The zero-order valence-corrected chi connectivity index (χ0v) is 8.19. The van der Waals surface area contributed by atoms with Crippen molar-refractivity contribution >= 4 is 0 Å². The van der Waals surface area contributed by atoms with Crippen LogP contribution >= 0.6 is 0 Å². The number of nitrogens with one attached hydrogen (secondary N) is 1. The average Bonchev–Trinajstić information content (AvgIpc) is 2.12. The standard InChI is InChI=1S/C9H19N.Li.H/c1-8(2)9-6-4-3-5-7-10-9;;/h8-10H,3-7H2,1-2H3;;/q;+1;-1. The minimum Gasteiger partial charge on any atom is -1.00 e. The molecule has 1 aliphatic heterocycles. The molecule has 1 N–H and O–H groups in total. The van der Waals surface area contributed by atoms with Crippen LogP contribution < -0.4 is 24.2 Å². The van der Waals surface area contributed by atoms with Crippen LogP contribution in [-0.4, -0.2) is 12.6 Å². The van der Waals surface area contributed by atoms with Gasteiger partial charge < -0.3 is 6.74 Å². The number of hydrogen-bond donors (Lipinski definition) is 1. The molecule has 1 saturated heterocycles. The normalized spacial score (nSPS) is 25.9. The van der Waals surface area contributed by atoms with E-state index in [0.29, 0.717) is 0 Å². The monoisotopic (exact) mass is 149 g/mol. The van der Waals surface area contributed by atoms with E-state index >= 15 is 0 Å². The van der Waals surface area contributed by atoms with Gasteiger partial charge in [0.15, 0.2) is 0 Å². The molecule has 0 aliphatic carbocycles. The van der Waals surface area contributed by atoms with Crippen molar-refractivity contribution < 1.29 is 20.3 Å². The number of rotatable bonds is 1. The van der Waals surface area contributed by atoms with Crippen LogP contribution in [0.25, 0.3) is 0 Å². The van der Waals surface area contributed by atoms with Gasteiger partial charge in [-0.1, -0.05) is 26.7 Å². The molecule has 1 fully saturated rings. The molecule has 0 aromatic heterocycles. The van der Waals surface area contributed by atoms with Crippen molar-refractivity contribution in [1.29, 1.82) is 0 Å². The molecule has 1 heterocycles. The first kappa shape index (κ1) is 11.6. The summed E-state index contributed by atoms with van der Waals surface area (Å²) in [4.78, 5) is 0.